The van der Waals surface area contributed by atoms with E-state index in [9.17, 15) is 18.0 Å². The lowest BCUT2D eigenvalue weighted by atomic mass is 10.2. The minimum Gasteiger partial charge on any atom is -0.337 e. The van der Waals surface area contributed by atoms with Crippen molar-refractivity contribution in [2.45, 2.75) is 6.18 Å². The maximum absolute atomic E-state index is 12.8. The van der Waals surface area contributed by atoms with Crippen LogP contribution in [0, 0.1) is 0 Å². The van der Waals surface area contributed by atoms with Crippen LogP contribution < -0.4 is 9.80 Å². The van der Waals surface area contributed by atoms with Crippen LogP contribution in [0.1, 0.15) is 5.56 Å². The molecular formula is C16H14F3N5OS. The van der Waals surface area contributed by atoms with E-state index in [0.717, 1.165) is 17.8 Å². The molecule has 0 aliphatic carbocycles. The van der Waals surface area contributed by atoms with Crippen molar-refractivity contribution in [2.75, 3.05) is 29.4 Å². The number of benzene rings is 1. The molecule has 1 amide bonds. The van der Waals surface area contributed by atoms with E-state index in [0.29, 0.717) is 28.4 Å². The van der Waals surface area contributed by atoms with Crippen molar-refractivity contribution in [2.24, 2.45) is 7.05 Å². The van der Waals surface area contributed by atoms with Crippen molar-refractivity contribution in [1.29, 1.82) is 0 Å². The van der Waals surface area contributed by atoms with E-state index in [1.54, 1.807) is 33.9 Å². The molecule has 10 heteroatoms. The van der Waals surface area contributed by atoms with Crippen molar-refractivity contribution >= 4 is 38.3 Å². The highest BCUT2D eigenvalue weighted by atomic mass is 32.1. The Morgan fingerprint density at radius 3 is 2.69 bits per heavy atom. The molecule has 1 saturated heterocycles. The van der Waals surface area contributed by atoms with Gasteiger partial charge in [-0.25, -0.2) is 4.98 Å². The Labute approximate surface area is 150 Å². The number of halogens is 3. The molecule has 3 heterocycles. The molecule has 2 aromatic heterocycles. The van der Waals surface area contributed by atoms with Crippen molar-refractivity contribution in [3.63, 3.8) is 0 Å². The summed E-state index contributed by atoms with van der Waals surface area (Å²) in [5.74, 6) is -0.0977. The first-order valence-corrected chi connectivity index (χ1v) is 8.65. The van der Waals surface area contributed by atoms with Crippen LogP contribution in [0.3, 0.4) is 0 Å². The van der Waals surface area contributed by atoms with E-state index >= 15 is 0 Å². The number of carbonyl (C=O) groups is 1. The van der Waals surface area contributed by atoms with E-state index in [4.69, 9.17) is 0 Å². The smallest absolute Gasteiger partial charge is 0.337 e. The number of aromatic nitrogens is 3. The zero-order valence-corrected chi connectivity index (χ0v) is 14.5. The molecule has 0 radical (unpaired) electrons. The number of thiazole rings is 1. The van der Waals surface area contributed by atoms with Crippen LogP contribution in [0.5, 0.6) is 0 Å². The Morgan fingerprint density at radius 2 is 2.04 bits per heavy atom. The zero-order valence-electron chi connectivity index (χ0n) is 13.7. The molecule has 1 aromatic carbocycles. The first-order valence-electron chi connectivity index (χ1n) is 7.83. The Hall–Kier alpha value is -2.62. The van der Waals surface area contributed by atoms with Gasteiger partial charge in [0.25, 0.3) is 0 Å². The number of anilines is 2. The number of hydrogen-bond donors (Lipinski definition) is 0. The molecule has 136 valence electrons. The van der Waals surface area contributed by atoms with Crippen molar-refractivity contribution < 1.29 is 18.0 Å². The van der Waals surface area contributed by atoms with Gasteiger partial charge in [0.1, 0.15) is 0 Å². The lowest BCUT2D eigenvalue weighted by Gasteiger charge is -2.33. The molecule has 1 aliphatic rings. The largest absolute Gasteiger partial charge is 0.416 e. The van der Waals surface area contributed by atoms with Gasteiger partial charge in [-0.05, 0) is 18.2 Å². The Morgan fingerprint density at radius 1 is 1.23 bits per heavy atom. The number of aryl methyl sites for hydroxylation is 1. The Kier molecular flexibility index (Phi) is 3.87. The fourth-order valence-corrected chi connectivity index (χ4v) is 3.85. The van der Waals surface area contributed by atoms with Gasteiger partial charge in [0.05, 0.1) is 34.2 Å². The summed E-state index contributed by atoms with van der Waals surface area (Å²) in [6.07, 6.45) is -1.00. The number of hydrogen-bond acceptors (Lipinski definition) is 5. The van der Waals surface area contributed by atoms with Crippen molar-refractivity contribution in [3.8, 4) is 0 Å². The van der Waals surface area contributed by atoms with Crippen LogP contribution >= 0.6 is 11.3 Å². The third kappa shape index (κ3) is 3.00. The molecule has 0 atom stereocenters. The van der Waals surface area contributed by atoms with Crippen LogP contribution in [0.25, 0.3) is 10.2 Å². The molecule has 26 heavy (non-hydrogen) atoms. The molecule has 1 aliphatic heterocycles. The third-order valence-electron chi connectivity index (χ3n) is 4.20. The second-order valence-electron chi connectivity index (χ2n) is 6.02. The summed E-state index contributed by atoms with van der Waals surface area (Å²) in [5.41, 5.74) is 0.303. The first kappa shape index (κ1) is 16.8. The fourth-order valence-electron chi connectivity index (χ4n) is 2.88. The summed E-state index contributed by atoms with van der Waals surface area (Å²) in [4.78, 5) is 20.2. The van der Waals surface area contributed by atoms with Gasteiger partial charge >= 0.3 is 6.18 Å². The van der Waals surface area contributed by atoms with E-state index in [-0.39, 0.29) is 12.5 Å². The van der Waals surface area contributed by atoms with Gasteiger partial charge in [-0.3, -0.25) is 9.48 Å². The molecule has 1 fully saturated rings. The lowest BCUT2D eigenvalue weighted by Crippen LogP contribution is -2.50. The molecule has 0 N–H and O–H groups in total. The number of amides is 1. The van der Waals surface area contributed by atoms with Crippen LogP contribution in [-0.4, -0.2) is 40.3 Å². The number of alkyl halides is 3. The Balaban J connectivity index is 1.56. The SMILES string of the molecule is Cn1cc(N2CCN(c3nc4cc(C(F)(F)F)ccc4s3)CC2=O)cn1. The summed E-state index contributed by atoms with van der Waals surface area (Å²) in [6.45, 7) is 1.14. The molecule has 0 spiro atoms. The van der Waals surface area contributed by atoms with Gasteiger partial charge in [0, 0.05) is 26.3 Å². The van der Waals surface area contributed by atoms with Gasteiger partial charge in [0.15, 0.2) is 5.13 Å². The second kappa shape index (κ2) is 5.97. The summed E-state index contributed by atoms with van der Waals surface area (Å²) in [5, 5.41) is 4.62. The van der Waals surface area contributed by atoms with Gasteiger partial charge in [0.2, 0.25) is 5.91 Å². The van der Waals surface area contributed by atoms with Crippen LogP contribution in [0.15, 0.2) is 30.6 Å². The fraction of sp³-hybridized carbons (Fsp3) is 0.312. The summed E-state index contributed by atoms with van der Waals surface area (Å²) in [7, 11) is 1.78. The van der Waals surface area contributed by atoms with Crippen molar-refractivity contribution in [1.82, 2.24) is 14.8 Å². The van der Waals surface area contributed by atoms with E-state index in [1.807, 2.05) is 0 Å². The minimum atomic E-state index is -4.40. The van der Waals surface area contributed by atoms with Gasteiger partial charge in [-0.15, -0.1) is 0 Å². The van der Waals surface area contributed by atoms with Gasteiger partial charge in [-0.2, -0.15) is 18.3 Å². The predicted molar refractivity (Wildman–Crippen MR) is 92.4 cm³/mol. The number of carbonyl (C=O) groups excluding carboxylic acids is 1. The molecular weight excluding hydrogens is 367 g/mol. The molecule has 0 saturated carbocycles. The average Bonchev–Trinajstić information content (AvgIpc) is 3.19. The van der Waals surface area contributed by atoms with Crippen LogP contribution in [0.4, 0.5) is 24.0 Å². The number of piperazine rings is 1. The maximum Gasteiger partial charge on any atom is 0.416 e. The van der Waals surface area contributed by atoms with E-state index in [2.05, 4.69) is 10.1 Å². The quantitative estimate of drug-likeness (QED) is 0.685. The standard InChI is InChI=1S/C16H14F3N5OS/c1-22-8-11(7-20-22)24-5-4-23(9-14(24)25)15-21-12-6-10(16(17,18)19)2-3-13(12)26-15/h2-3,6-8H,4-5,9H2,1H3. The highest BCUT2D eigenvalue weighted by Crippen LogP contribution is 2.35. The first-order chi connectivity index (χ1) is 12.3. The lowest BCUT2D eigenvalue weighted by molar-refractivity contribution is -0.137. The van der Waals surface area contributed by atoms with Gasteiger partial charge in [-0.1, -0.05) is 11.3 Å². The molecule has 3 aromatic rings. The van der Waals surface area contributed by atoms with E-state index in [1.165, 1.54) is 17.4 Å². The normalized spacial score (nSPS) is 15.9. The number of nitrogens with zero attached hydrogens (tertiary/aromatic N) is 5. The zero-order chi connectivity index (χ0) is 18.5. The monoisotopic (exact) mass is 381 g/mol. The average molecular weight is 381 g/mol. The van der Waals surface area contributed by atoms with Crippen LogP contribution in [-0.2, 0) is 18.0 Å². The van der Waals surface area contributed by atoms with Crippen LogP contribution in [0.2, 0.25) is 0 Å². The predicted octanol–water partition coefficient (Wildman–Crippen LogP) is 2.90. The summed E-state index contributed by atoms with van der Waals surface area (Å²) < 4.78 is 40.8. The number of fused-ring (bicyclic) bond motifs is 1. The number of rotatable bonds is 2. The molecule has 6 nitrogen and oxygen atoms in total. The van der Waals surface area contributed by atoms with Gasteiger partial charge < -0.3 is 9.80 Å². The highest BCUT2D eigenvalue weighted by Gasteiger charge is 2.31. The molecule has 0 unspecified atom stereocenters. The maximum atomic E-state index is 12.8. The topological polar surface area (TPSA) is 54.3 Å². The third-order valence-corrected chi connectivity index (χ3v) is 5.29. The summed E-state index contributed by atoms with van der Waals surface area (Å²) in [6, 6.07) is 3.52. The van der Waals surface area contributed by atoms with E-state index < -0.39 is 11.7 Å². The minimum absolute atomic E-state index is 0.0977. The summed E-state index contributed by atoms with van der Waals surface area (Å²) >= 11 is 1.29. The molecule has 4 rings (SSSR count). The Bertz CT molecular complexity index is 980. The molecule has 0 bridgehead atoms. The van der Waals surface area contributed by atoms with Crippen molar-refractivity contribution in [3.05, 3.63) is 36.2 Å². The second-order valence-corrected chi connectivity index (χ2v) is 7.02. The highest BCUT2D eigenvalue weighted by molar-refractivity contribution is 7.22.